The molecule has 2 aromatic heterocycles. The molecule has 2 heterocycles. The van der Waals surface area contributed by atoms with E-state index in [9.17, 15) is 0 Å². The van der Waals surface area contributed by atoms with Gasteiger partial charge in [0.15, 0.2) is 0 Å². The largest absolute Gasteiger partial charge is 0.355 e. The Hall–Kier alpha value is -7.12. The molecule has 0 spiro atoms. The number of benzene rings is 7. The molecule has 0 amide bonds. The molecule has 10 rings (SSSR count). The standard InChI is InChI=1S/C48H42N2S.C14H14/c1-5-32(3)36-25-27-44-41(30-36)42-31-37(49-43-23-14-16-33(4)47(43)35-18-8-7-9-19-35)26-28-45(42)50(44)29-13-12-17-34(6-2)38-21-15-22-40-39-20-10-11-24-46(39)51-48(38)40;1-11-7-3-5-9-13(11)14-10-6-4-8-12(14)2/h2,7-15,17-28,30-33,49H,5,16,29H2,1,3-4H3;3-10H,1-2H3/b13-12-,34-17+;. The molecular weight excluding hydrogens is 805 g/mol. The quantitative estimate of drug-likeness (QED) is 0.107. The first-order chi connectivity index (χ1) is 31.8. The Morgan fingerprint density at radius 3 is 2.14 bits per heavy atom. The number of fused-ring (bicyclic) bond motifs is 6. The van der Waals surface area contributed by atoms with Crippen LogP contribution in [0.1, 0.15) is 67.3 Å². The Morgan fingerprint density at radius 1 is 0.754 bits per heavy atom. The number of terminal acetylenes is 1. The van der Waals surface area contributed by atoms with Crippen LogP contribution < -0.4 is 5.32 Å². The van der Waals surface area contributed by atoms with Gasteiger partial charge in [0.2, 0.25) is 0 Å². The van der Waals surface area contributed by atoms with Crippen molar-refractivity contribution >= 4 is 70.1 Å². The molecule has 2 nitrogen and oxygen atoms in total. The van der Waals surface area contributed by atoms with Gasteiger partial charge in [-0.05, 0) is 126 Å². The summed E-state index contributed by atoms with van der Waals surface area (Å²) < 4.78 is 4.95. The third kappa shape index (κ3) is 8.88. The van der Waals surface area contributed by atoms with Gasteiger partial charge in [-0.2, -0.15) is 0 Å². The predicted molar refractivity (Wildman–Crippen MR) is 285 cm³/mol. The van der Waals surface area contributed by atoms with Crippen LogP contribution in [0.3, 0.4) is 0 Å². The minimum absolute atomic E-state index is 0.442. The van der Waals surface area contributed by atoms with Crippen molar-refractivity contribution in [2.45, 2.75) is 59.9 Å². The molecule has 1 aliphatic carbocycles. The second-order valence-corrected chi connectivity index (χ2v) is 18.4. The highest BCUT2D eigenvalue weighted by molar-refractivity contribution is 7.26. The second kappa shape index (κ2) is 19.3. The molecule has 0 radical (unpaired) electrons. The van der Waals surface area contributed by atoms with E-state index in [2.05, 4.69) is 239 Å². The van der Waals surface area contributed by atoms with E-state index in [-0.39, 0.29) is 0 Å². The van der Waals surface area contributed by atoms with Crippen molar-refractivity contribution < 1.29 is 0 Å². The minimum Gasteiger partial charge on any atom is -0.355 e. The number of aromatic nitrogens is 1. The molecule has 7 aromatic carbocycles. The normalized spacial score (nSPS) is 14.6. The fourth-order valence-corrected chi connectivity index (χ4v) is 10.6. The number of nitrogens with zero attached hydrogens (tertiary/aromatic N) is 1. The minimum atomic E-state index is 0.442. The number of nitrogens with one attached hydrogen (secondary N) is 1. The summed E-state index contributed by atoms with van der Waals surface area (Å²) in [4.78, 5) is 0. The van der Waals surface area contributed by atoms with E-state index in [1.165, 1.54) is 86.6 Å². The summed E-state index contributed by atoms with van der Waals surface area (Å²) in [6, 6.07) is 56.7. The maximum atomic E-state index is 6.13. The van der Waals surface area contributed by atoms with E-state index >= 15 is 0 Å². The van der Waals surface area contributed by atoms with Crippen LogP contribution in [0, 0.1) is 32.1 Å². The summed E-state index contributed by atoms with van der Waals surface area (Å²) >= 11 is 1.81. The van der Waals surface area contributed by atoms with E-state index in [4.69, 9.17) is 6.42 Å². The number of rotatable bonds is 10. The molecule has 0 saturated heterocycles. The van der Waals surface area contributed by atoms with Crippen molar-refractivity contribution in [1.82, 2.24) is 4.57 Å². The van der Waals surface area contributed by atoms with Crippen LogP contribution in [-0.4, -0.2) is 4.57 Å². The van der Waals surface area contributed by atoms with Crippen LogP contribution in [0.2, 0.25) is 0 Å². The fourth-order valence-electron chi connectivity index (χ4n) is 9.38. The summed E-state index contributed by atoms with van der Waals surface area (Å²) in [5.41, 5.74) is 16.1. The van der Waals surface area contributed by atoms with Crippen molar-refractivity contribution in [2.24, 2.45) is 5.92 Å². The monoisotopic (exact) mass is 860 g/mol. The average Bonchev–Trinajstić information content (AvgIpc) is 3.87. The summed E-state index contributed by atoms with van der Waals surface area (Å²) in [6.07, 6.45) is 19.3. The van der Waals surface area contributed by atoms with Crippen molar-refractivity contribution in [1.29, 1.82) is 0 Å². The van der Waals surface area contributed by atoms with Gasteiger partial charge in [0.05, 0.1) is 0 Å². The maximum absolute atomic E-state index is 6.13. The van der Waals surface area contributed by atoms with Crippen LogP contribution in [0.5, 0.6) is 0 Å². The Labute approximate surface area is 389 Å². The zero-order valence-electron chi connectivity index (χ0n) is 38.1. The van der Waals surface area contributed by atoms with Gasteiger partial charge in [0.1, 0.15) is 0 Å². The summed E-state index contributed by atoms with van der Waals surface area (Å²) in [5.74, 6) is 3.92. The van der Waals surface area contributed by atoms with Gasteiger partial charge in [-0.25, -0.2) is 0 Å². The molecule has 0 saturated carbocycles. The van der Waals surface area contributed by atoms with Gasteiger partial charge in [-0.1, -0.05) is 166 Å². The topological polar surface area (TPSA) is 17.0 Å². The van der Waals surface area contributed by atoms with E-state index in [0.29, 0.717) is 11.8 Å². The number of anilines is 1. The van der Waals surface area contributed by atoms with Gasteiger partial charge < -0.3 is 9.88 Å². The zero-order chi connectivity index (χ0) is 44.9. The molecule has 65 heavy (non-hydrogen) atoms. The van der Waals surface area contributed by atoms with Crippen LogP contribution in [0.25, 0.3) is 64.3 Å². The van der Waals surface area contributed by atoms with E-state index in [1.54, 1.807) is 0 Å². The van der Waals surface area contributed by atoms with Gasteiger partial charge in [-0.15, -0.1) is 17.8 Å². The number of aryl methyl sites for hydroxylation is 2. The van der Waals surface area contributed by atoms with Crippen molar-refractivity contribution in [3.8, 4) is 23.5 Å². The second-order valence-electron chi connectivity index (χ2n) is 17.3. The first-order valence-electron chi connectivity index (χ1n) is 23.0. The van der Waals surface area contributed by atoms with Gasteiger partial charge in [0, 0.05) is 71.0 Å². The Balaban J connectivity index is 0.000000324. The lowest BCUT2D eigenvalue weighted by Gasteiger charge is -2.24. The molecule has 0 aliphatic heterocycles. The third-order valence-corrected chi connectivity index (χ3v) is 14.3. The third-order valence-electron chi connectivity index (χ3n) is 13.1. The highest BCUT2D eigenvalue weighted by atomic mass is 32.1. The molecule has 3 heteroatoms. The molecule has 0 bridgehead atoms. The van der Waals surface area contributed by atoms with E-state index in [1.807, 2.05) is 11.3 Å². The highest BCUT2D eigenvalue weighted by Gasteiger charge is 2.19. The average molecular weight is 861 g/mol. The van der Waals surface area contributed by atoms with Crippen LogP contribution in [-0.2, 0) is 6.54 Å². The molecule has 1 aliphatic rings. The summed E-state index contributed by atoms with van der Waals surface area (Å²) in [5, 5.41) is 8.93. The van der Waals surface area contributed by atoms with Crippen LogP contribution in [0.4, 0.5) is 5.69 Å². The number of hydrogen-bond acceptors (Lipinski definition) is 2. The fraction of sp³-hybridized carbons (Fsp3) is 0.161. The lowest BCUT2D eigenvalue weighted by atomic mass is 9.86. The smallest absolute Gasteiger partial charge is 0.0495 e. The van der Waals surface area contributed by atoms with Gasteiger partial charge >= 0.3 is 0 Å². The zero-order valence-corrected chi connectivity index (χ0v) is 38.9. The van der Waals surface area contributed by atoms with Crippen molar-refractivity contribution in [3.63, 3.8) is 0 Å². The first-order valence-corrected chi connectivity index (χ1v) is 23.8. The van der Waals surface area contributed by atoms with Gasteiger partial charge in [-0.3, -0.25) is 0 Å². The molecule has 2 atom stereocenters. The number of allylic oxidation sites excluding steroid dienone is 7. The van der Waals surface area contributed by atoms with E-state index < -0.39 is 0 Å². The van der Waals surface area contributed by atoms with E-state index in [0.717, 1.165) is 36.2 Å². The lowest BCUT2D eigenvalue weighted by Crippen LogP contribution is -2.10. The lowest BCUT2D eigenvalue weighted by molar-refractivity contribution is 0.734. The number of thiophene rings is 1. The Bertz CT molecular complexity index is 3300. The predicted octanol–water partition coefficient (Wildman–Crippen LogP) is 17.3. The molecular formula is C62H56N2S. The SMILES string of the molecule is C#C/C(=C\C=C/Cn1c2ccc(NC3=C(c4ccccc4)C(C)CC=C3)cc2c2cc(C(C)CC)ccc21)c1cccc2c1sc1ccccc12.Cc1ccccc1-c1ccccc1C. The molecule has 9 aromatic rings. The van der Waals surface area contributed by atoms with Crippen LogP contribution in [0.15, 0.2) is 194 Å². The highest BCUT2D eigenvalue weighted by Crippen LogP contribution is 2.39. The van der Waals surface area contributed by atoms with Gasteiger partial charge in [0.25, 0.3) is 0 Å². The van der Waals surface area contributed by atoms with Crippen LogP contribution >= 0.6 is 11.3 Å². The molecule has 1 N–H and O–H groups in total. The molecule has 0 fully saturated rings. The number of hydrogen-bond donors (Lipinski definition) is 1. The van der Waals surface area contributed by atoms with Crippen molar-refractivity contribution in [2.75, 3.05) is 5.32 Å². The molecule has 2 unspecified atom stereocenters. The van der Waals surface area contributed by atoms with Crippen molar-refractivity contribution in [3.05, 3.63) is 222 Å². The molecule has 320 valence electrons. The maximum Gasteiger partial charge on any atom is 0.0495 e. The summed E-state index contributed by atoms with van der Waals surface area (Å²) in [6.45, 7) is 11.9. The Kier molecular flexibility index (Phi) is 12.8. The summed E-state index contributed by atoms with van der Waals surface area (Å²) in [7, 11) is 0. The first kappa shape index (κ1) is 43.1. The Morgan fingerprint density at radius 2 is 1.42 bits per heavy atom.